The molecule has 2 rings (SSSR count). The summed E-state index contributed by atoms with van der Waals surface area (Å²) in [5.41, 5.74) is 6.34. The first-order valence-corrected chi connectivity index (χ1v) is 6.89. The second-order valence-corrected chi connectivity index (χ2v) is 5.30. The topological polar surface area (TPSA) is 55.6 Å². The Morgan fingerprint density at radius 3 is 2.85 bits per heavy atom. The van der Waals surface area contributed by atoms with Crippen LogP contribution >= 0.6 is 0 Å². The number of ether oxygens (including phenoxy) is 1. The van der Waals surface area contributed by atoms with E-state index in [1.54, 1.807) is 12.0 Å². The molecule has 20 heavy (non-hydrogen) atoms. The molecule has 4 nitrogen and oxygen atoms in total. The van der Waals surface area contributed by atoms with Gasteiger partial charge in [-0.2, -0.15) is 0 Å². The zero-order valence-electron chi connectivity index (χ0n) is 11.9. The smallest absolute Gasteiger partial charge is 0.256 e. The largest absolute Gasteiger partial charge is 0.398 e. The number of amides is 1. The summed E-state index contributed by atoms with van der Waals surface area (Å²) in [6.07, 6.45) is 2.27. The van der Waals surface area contributed by atoms with E-state index in [1.165, 1.54) is 18.2 Å². The van der Waals surface area contributed by atoms with E-state index >= 15 is 0 Å². The first-order chi connectivity index (χ1) is 9.54. The Balaban J connectivity index is 2.22. The van der Waals surface area contributed by atoms with Crippen molar-refractivity contribution < 1.29 is 13.9 Å². The lowest BCUT2D eigenvalue weighted by Gasteiger charge is -2.29. The van der Waals surface area contributed by atoms with Crippen molar-refractivity contribution in [3.63, 3.8) is 0 Å². The minimum Gasteiger partial charge on any atom is -0.398 e. The van der Waals surface area contributed by atoms with Gasteiger partial charge >= 0.3 is 0 Å². The van der Waals surface area contributed by atoms with Crippen molar-refractivity contribution in [3.05, 3.63) is 29.6 Å². The monoisotopic (exact) mass is 280 g/mol. The predicted octanol–water partition coefficient (Wildman–Crippen LogP) is 2.29. The number of anilines is 1. The molecule has 0 heterocycles. The summed E-state index contributed by atoms with van der Waals surface area (Å²) in [4.78, 5) is 14.4. The van der Waals surface area contributed by atoms with Gasteiger partial charge in [-0.3, -0.25) is 4.79 Å². The van der Waals surface area contributed by atoms with Crippen molar-refractivity contribution in [2.75, 3.05) is 26.0 Å². The fraction of sp³-hybridized carbons (Fsp3) is 0.533. The van der Waals surface area contributed by atoms with Gasteiger partial charge in [-0.25, -0.2) is 4.39 Å². The van der Waals surface area contributed by atoms with Crippen LogP contribution in [0.15, 0.2) is 18.2 Å². The standard InChI is InChI=1S/C15H21FN2O2/c1-10(11-3-4-11)18(7-8-20-2)15(19)13-9-12(16)5-6-14(13)17/h5-6,9-11H,3-4,7-8,17H2,1-2H3. The Morgan fingerprint density at radius 1 is 1.55 bits per heavy atom. The molecule has 1 atom stereocenters. The zero-order valence-corrected chi connectivity index (χ0v) is 11.9. The molecule has 0 aromatic heterocycles. The third-order valence-electron chi connectivity index (χ3n) is 3.84. The van der Waals surface area contributed by atoms with E-state index in [0.717, 1.165) is 12.8 Å². The Morgan fingerprint density at radius 2 is 2.25 bits per heavy atom. The fourth-order valence-corrected chi connectivity index (χ4v) is 2.38. The Labute approximate surface area is 118 Å². The number of hydrogen-bond donors (Lipinski definition) is 1. The number of nitrogen functional groups attached to an aromatic ring is 1. The molecule has 0 radical (unpaired) electrons. The summed E-state index contributed by atoms with van der Waals surface area (Å²) < 4.78 is 18.4. The van der Waals surface area contributed by atoms with Crippen molar-refractivity contribution in [2.24, 2.45) is 5.92 Å². The minimum atomic E-state index is -0.451. The van der Waals surface area contributed by atoms with Gasteiger partial charge in [0.15, 0.2) is 0 Å². The molecule has 1 fully saturated rings. The van der Waals surface area contributed by atoms with E-state index in [-0.39, 0.29) is 17.5 Å². The van der Waals surface area contributed by atoms with Gasteiger partial charge < -0.3 is 15.4 Å². The first-order valence-electron chi connectivity index (χ1n) is 6.89. The predicted molar refractivity (Wildman–Crippen MR) is 75.9 cm³/mol. The molecule has 1 aliphatic rings. The van der Waals surface area contributed by atoms with Crippen LogP contribution in [-0.4, -0.2) is 37.1 Å². The molecule has 1 amide bonds. The number of halogens is 1. The van der Waals surface area contributed by atoms with Crippen LogP contribution in [0, 0.1) is 11.7 Å². The highest BCUT2D eigenvalue weighted by Crippen LogP contribution is 2.35. The summed E-state index contributed by atoms with van der Waals surface area (Å²) in [5.74, 6) is -0.141. The summed E-state index contributed by atoms with van der Waals surface area (Å²) in [6.45, 7) is 2.97. The maximum atomic E-state index is 13.3. The van der Waals surface area contributed by atoms with Crippen molar-refractivity contribution in [1.29, 1.82) is 0 Å². The van der Waals surface area contributed by atoms with Gasteiger partial charge in [0, 0.05) is 25.4 Å². The molecule has 0 saturated heterocycles. The molecule has 1 unspecified atom stereocenters. The van der Waals surface area contributed by atoms with Crippen LogP contribution in [0.5, 0.6) is 0 Å². The number of carbonyl (C=O) groups excluding carboxylic acids is 1. The summed E-state index contributed by atoms with van der Waals surface area (Å²) in [6, 6.07) is 4.02. The van der Waals surface area contributed by atoms with Gasteiger partial charge in [-0.15, -0.1) is 0 Å². The lowest BCUT2D eigenvalue weighted by Crippen LogP contribution is -2.42. The van der Waals surface area contributed by atoms with Crippen molar-refractivity contribution in [3.8, 4) is 0 Å². The molecule has 0 bridgehead atoms. The van der Waals surface area contributed by atoms with Crippen LogP contribution in [0.3, 0.4) is 0 Å². The van der Waals surface area contributed by atoms with E-state index in [0.29, 0.717) is 24.8 Å². The Bertz CT molecular complexity index is 489. The van der Waals surface area contributed by atoms with E-state index in [2.05, 4.69) is 0 Å². The van der Waals surface area contributed by atoms with Gasteiger partial charge in [0.05, 0.1) is 12.2 Å². The summed E-state index contributed by atoms with van der Waals surface area (Å²) in [5, 5.41) is 0. The fourth-order valence-electron chi connectivity index (χ4n) is 2.38. The SMILES string of the molecule is COCCN(C(=O)c1cc(F)ccc1N)C(C)C1CC1. The van der Waals surface area contributed by atoms with Crippen molar-refractivity contribution in [2.45, 2.75) is 25.8 Å². The number of nitrogens with zero attached hydrogens (tertiary/aromatic N) is 1. The molecule has 0 spiro atoms. The summed E-state index contributed by atoms with van der Waals surface area (Å²) in [7, 11) is 1.60. The van der Waals surface area contributed by atoms with Crippen molar-refractivity contribution >= 4 is 11.6 Å². The molecule has 5 heteroatoms. The van der Waals surface area contributed by atoms with Gasteiger partial charge in [0.1, 0.15) is 5.82 Å². The first kappa shape index (κ1) is 14.8. The third kappa shape index (κ3) is 3.28. The Kier molecular flexibility index (Phi) is 4.60. The highest BCUT2D eigenvalue weighted by atomic mass is 19.1. The van der Waals surface area contributed by atoms with E-state index in [4.69, 9.17) is 10.5 Å². The average molecular weight is 280 g/mol. The quantitative estimate of drug-likeness (QED) is 0.813. The zero-order chi connectivity index (χ0) is 14.7. The molecule has 1 aromatic carbocycles. The van der Waals surface area contributed by atoms with Gasteiger partial charge in [0.2, 0.25) is 0 Å². The highest BCUT2D eigenvalue weighted by Gasteiger charge is 2.34. The van der Waals surface area contributed by atoms with Gasteiger partial charge in [0.25, 0.3) is 5.91 Å². The third-order valence-corrected chi connectivity index (χ3v) is 3.84. The number of methoxy groups -OCH3 is 1. The molecule has 1 aliphatic carbocycles. The second-order valence-electron chi connectivity index (χ2n) is 5.30. The van der Waals surface area contributed by atoms with Crippen LogP contribution in [0.25, 0.3) is 0 Å². The lowest BCUT2D eigenvalue weighted by molar-refractivity contribution is 0.0595. The molecular formula is C15H21FN2O2. The number of hydrogen-bond acceptors (Lipinski definition) is 3. The van der Waals surface area contributed by atoms with Gasteiger partial charge in [-0.1, -0.05) is 0 Å². The maximum Gasteiger partial charge on any atom is 0.256 e. The number of rotatable bonds is 6. The van der Waals surface area contributed by atoms with E-state index in [9.17, 15) is 9.18 Å². The average Bonchev–Trinajstić information content (AvgIpc) is 3.26. The molecule has 1 aromatic rings. The molecule has 110 valence electrons. The maximum absolute atomic E-state index is 13.3. The molecule has 1 saturated carbocycles. The lowest BCUT2D eigenvalue weighted by atomic mass is 10.1. The van der Waals surface area contributed by atoms with Gasteiger partial charge in [-0.05, 0) is 43.9 Å². The summed E-state index contributed by atoms with van der Waals surface area (Å²) >= 11 is 0. The van der Waals surface area contributed by atoms with Crippen LogP contribution in [0.4, 0.5) is 10.1 Å². The van der Waals surface area contributed by atoms with E-state index in [1.807, 2.05) is 6.92 Å². The van der Waals surface area contributed by atoms with Crippen LogP contribution < -0.4 is 5.73 Å². The van der Waals surface area contributed by atoms with Crippen LogP contribution in [0.1, 0.15) is 30.1 Å². The molecule has 0 aliphatic heterocycles. The molecule has 2 N–H and O–H groups in total. The molecular weight excluding hydrogens is 259 g/mol. The van der Waals surface area contributed by atoms with Crippen molar-refractivity contribution in [1.82, 2.24) is 4.90 Å². The number of carbonyl (C=O) groups is 1. The normalized spacial score (nSPS) is 15.9. The van der Waals surface area contributed by atoms with E-state index < -0.39 is 5.82 Å². The Hall–Kier alpha value is -1.62. The number of nitrogens with two attached hydrogens (primary N) is 1. The highest BCUT2D eigenvalue weighted by molar-refractivity contribution is 5.99. The van der Waals surface area contributed by atoms with Crippen LogP contribution in [-0.2, 0) is 4.74 Å². The second kappa shape index (κ2) is 6.22. The van der Waals surface area contributed by atoms with Crippen LogP contribution in [0.2, 0.25) is 0 Å². The minimum absolute atomic E-state index is 0.125. The number of benzene rings is 1.